The van der Waals surface area contributed by atoms with Gasteiger partial charge in [-0.2, -0.15) is 0 Å². The van der Waals surface area contributed by atoms with E-state index in [1.807, 2.05) is 0 Å². The van der Waals surface area contributed by atoms with Gasteiger partial charge in [-0.1, -0.05) is 19.1 Å². The predicted molar refractivity (Wildman–Crippen MR) is 123 cm³/mol. The van der Waals surface area contributed by atoms with Crippen molar-refractivity contribution in [2.75, 3.05) is 12.4 Å². The van der Waals surface area contributed by atoms with E-state index in [0.717, 1.165) is 0 Å². The van der Waals surface area contributed by atoms with Crippen LogP contribution in [-0.4, -0.2) is 24.0 Å². The van der Waals surface area contributed by atoms with Gasteiger partial charge in [0.2, 0.25) is 5.89 Å². The monoisotopic (exact) mass is 444 g/mol. The van der Waals surface area contributed by atoms with E-state index in [1.54, 1.807) is 55.5 Å². The lowest BCUT2D eigenvalue weighted by atomic mass is 10.1. The number of para-hydroxylation sites is 1. The lowest BCUT2D eigenvalue weighted by Gasteiger charge is -2.11. The smallest absolute Gasteiger partial charge is 0.347 e. The van der Waals surface area contributed by atoms with E-state index in [0.29, 0.717) is 27.7 Å². The topological polar surface area (TPSA) is 108 Å². The Bertz CT molecular complexity index is 1390. The molecular formula is C25H20N2O6. The molecule has 8 heteroatoms. The number of nitrogens with one attached hydrogen (secondary N) is 1. The van der Waals surface area contributed by atoms with Crippen LogP contribution in [0.5, 0.6) is 11.5 Å². The number of carbonyl (C=O) groups excluding carboxylic acids is 2. The Morgan fingerprint density at radius 3 is 2.48 bits per heavy atom. The molecule has 4 rings (SSSR count). The van der Waals surface area contributed by atoms with Crippen molar-refractivity contribution in [2.45, 2.75) is 13.3 Å². The van der Waals surface area contributed by atoms with Crippen LogP contribution in [0.15, 0.2) is 75.9 Å². The van der Waals surface area contributed by atoms with Gasteiger partial charge in [0.05, 0.1) is 18.0 Å². The number of carbonyl (C=O) groups is 2. The summed E-state index contributed by atoms with van der Waals surface area (Å²) in [6, 6.07) is 18.3. The average Bonchev–Trinajstić information content (AvgIpc) is 2.84. The molecule has 33 heavy (non-hydrogen) atoms. The first-order chi connectivity index (χ1) is 16.0. The first-order valence-corrected chi connectivity index (χ1v) is 10.2. The van der Waals surface area contributed by atoms with Gasteiger partial charge in [-0.15, -0.1) is 0 Å². The highest BCUT2D eigenvalue weighted by atomic mass is 16.6. The van der Waals surface area contributed by atoms with Gasteiger partial charge in [0.15, 0.2) is 11.5 Å². The summed E-state index contributed by atoms with van der Waals surface area (Å²) in [5.41, 5.74) is 1.54. The number of anilines is 1. The maximum atomic E-state index is 12.7. The van der Waals surface area contributed by atoms with Crippen LogP contribution in [0, 0.1) is 0 Å². The Kier molecular flexibility index (Phi) is 6.17. The molecule has 0 bridgehead atoms. The van der Waals surface area contributed by atoms with Crippen LogP contribution >= 0.6 is 0 Å². The second-order valence-electron chi connectivity index (χ2n) is 7.05. The van der Waals surface area contributed by atoms with Crippen LogP contribution in [0.3, 0.4) is 0 Å². The number of nitrogens with zero attached hydrogens (tertiary/aromatic N) is 1. The van der Waals surface area contributed by atoms with E-state index < -0.39 is 11.6 Å². The summed E-state index contributed by atoms with van der Waals surface area (Å²) in [6.45, 7) is 1.69. The van der Waals surface area contributed by atoms with Crippen molar-refractivity contribution in [3.63, 3.8) is 0 Å². The number of esters is 1. The van der Waals surface area contributed by atoms with Crippen molar-refractivity contribution in [3.8, 4) is 23.0 Å². The quantitative estimate of drug-likeness (QED) is 0.346. The minimum Gasteiger partial charge on any atom is -0.493 e. The van der Waals surface area contributed by atoms with Crippen molar-refractivity contribution >= 4 is 28.5 Å². The van der Waals surface area contributed by atoms with E-state index >= 15 is 0 Å². The molecule has 166 valence electrons. The van der Waals surface area contributed by atoms with E-state index in [1.165, 1.54) is 25.3 Å². The molecule has 0 aliphatic carbocycles. The van der Waals surface area contributed by atoms with Crippen LogP contribution in [0.1, 0.15) is 23.7 Å². The molecule has 1 aromatic heterocycles. The second-order valence-corrected chi connectivity index (χ2v) is 7.05. The fourth-order valence-electron chi connectivity index (χ4n) is 3.13. The zero-order valence-corrected chi connectivity index (χ0v) is 18.0. The van der Waals surface area contributed by atoms with Gasteiger partial charge in [-0.3, -0.25) is 9.59 Å². The first kappa shape index (κ1) is 21.8. The Morgan fingerprint density at radius 1 is 1.00 bits per heavy atom. The summed E-state index contributed by atoms with van der Waals surface area (Å²) in [6.07, 6.45) is 0.222. The molecule has 1 amide bonds. The number of methoxy groups -OCH3 is 1. The Balaban J connectivity index is 1.52. The Morgan fingerprint density at radius 2 is 1.76 bits per heavy atom. The lowest BCUT2D eigenvalue weighted by Crippen LogP contribution is -2.13. The summed E-state index contributed by atoms with van der Waals surface area (Å²) in [7, 11) is 1.43. The Labute approximate surface area is 188 Å². The fourth-order valence-corrected chi connectivity index (χ4v) is 3.13. The maximum absolute atomic E-state index is 12.7. The average molecular weight is 444 g/mol. The number of benzene rings is 3. The molecule has 1 heterocycles. The number of rotatable bonds is 6. The standard InChI is InChI=1S/C25H20N2O6/c1-3-22(28)32-20-13-10-16(14-21(20)31-2)23(29)26-17-11-8-15(9-12-17)24-27-19-7-5-4-6-18(19)25(30)33-24/h4-14H,3H2,1-2H3,(H,26,29). The largest absolute Gasteiger partial charge is 0.493 e. The molecule has 8 nitrogen and oxygen atoms in total. The first-order valence-electron chi connectivity index (χ1n) is 10.2. The zero-order chi connectivity index (χ0) is 23.4. The predicted octanol–water partition coefficient (Wildman–Crippen LogP) is 4.43. The van der Waals surface area contributed by atoms with Crippen molar-refractivity contribution in [1.29, 1.82) is 0 Å². The number of hydrogen-bond donors (Lipinski definition) is 1. The van der Waals surface area contributed by atoms with Gasteiger partial charge in [0, 0.05) is 23.2 Å². The van der Waals surface area contributed by atoms with Gasteiger partial charge in [0.25, 0.3) is 5.91 Å². The highest BCUT2D eigenvalue weighted by molar-refractivity contribution is 6.04. The molecule has 0 atom stereocenters. The number of amides is 1. The summed E-state index contributed by atoms with van der Waals surface area (Å²) >= 11 is 0. The van der Waals surface area contributed by atoms with Gasteiger partial charge >= 0.3 is 11.6 Å². The summed E-state index contributed by atoms with van der Waals surface area (Å²) in [5.74, 6) is -0.0579. The second kappa shape index (κ2) is 9.35. The molecule has 0 spiro atoms. The minimum atomic E-state index is -0.463. The normalized spacial score (nSPS) is 10.6. The highest BCUT2D eigenvalue weighted by Crippen LogP contribution is 2.29. The third-order valence-corrected chi connectivity index (χ3v) is 4.86. The summed E-state index contributed by atoms with van der Waals surface area (Å²) in [4.78, 5) is 40.8. The number of ether oxygens (including phenoxy) is 2. The molecule has 0 aliphatic rings. The highest BCUT2D eigenvalue weighted by Gasteiger charge is 2.14. The molecule has 0 saturated heterocycles. The summed E-state index contributed by atoms with van der Waals surface area (Å²) < 4.78 is 15.8. The molecule has 3 aromatic carbocycles. The van der Waals surface area contributed by atoms with Gasteiger partial charge in [-0.05, 0) is 54.6 Å². The Hall–Kier alpha value is -4.46. The maximum Gasteiger partial charge on any atom is 0.347 e. The zero-order valence-electron chi connectivity index (χ0n) is 18.0. The molecular weight excluding hydrogens is 424 g/mol. The molecule has 0 fully saturated rings. The van der Waals surface area contributed by atoms with Gasteiger partial charge in [-0.25, -0.2) is 9.78 Å². The van der Waals surface area contributed by atoms with Crippen LogP contribution in [0.2, 0.25) is 0 Å². The number of aromatic nitrogens is 1. The van der Waals surface area contributed by atoms with Crippen LogP contribution in [0.4, 0.5) is 5.69 Å². The SMILES string of the molecule is CCC(=O)Oc1ccc(C(=O)Nc2ccc(-c3nc4ccccc4c(=O)o3)cc2)cc1OC. The van der Waals surface area contributed by atoms with Crippen LogP contribution < -0.4 is 20.4 Å². The molecule has 0 unspecified atom stereocenters. The van der Waals surface area contributed by atoms with Crippen molar-refractivity contribution < 1.29 is 23.5 Å². The van der Waals surface area contributed by atoms with E-state index in [9.17, 15) is 14.4 Å². The van der Waals surface area contributed by atoms with Crippen LogP contribution in [0.25, 0.3) is 22.4 Å². The van der Waals surface area contributed by atoms with E-state index in [4.69, 9.17) is 13.9 Å². The third kappa shape index (κ3) is 4.74. The molecule has 0 aliphatic heterocycles. The third-order valence-electron chi connectivity index (χ3n) is 4.86. The van der Waals surface area contributed by atoms with Crippen molar-refractivity contribution in [3.05, 3.63) is 82.7 Å². The van der Waals surface area contributed by atoms with Crippen molar-refractivity contribution in [2.24, 2.45) is 0 Å². The molecule has 4 aromatic rings. The minimum absolute atomic E-state index is 0.193. The van der Waals surface area contributed by atoms with Gasteiger partial charge < -0.3 is 19.2 Å². The van der Waals surface area contributed by atoms with Gasteiger partial charge in [0.1, 0.15) is 0 Å². The number of fused-ring (bicyclic) bond motifs is 1. The van der Waals surface area contributed by atoms with Crippen LogP contribution in [-0.2, 0) is 4.79 Å². The molecule has 0 radical (unpaired) electrons. The summed E-state index contributed by atoms with van der Waals surface area (Å²) in [5, 5.41) is 3.20. The number of hydrogen-bond acceptors (Lipinski definition) is 7. The van der Waals surface area contributed by atoms with Crippen molar-refractivity contribution in [1.82, 2.24) is 4.98 Å². The molecule has 0 saturated carbocycles. The molecule has 1 N–H and O–H groups in total. The van der Waals surface area contributed by atoms with E-state index in [2.05, 4.69) is 10.3 Å². The van der Waals surface area contributed by atoms with E-state index in [-0.39, 0.29) is 29.7 Å². The lowest BCUT2D eigenvalue weighted by molar-refractivity contribution is -0.134. The fraction of sp³-hybridized carbons (Fsp3) is 0.120.